The molecule has 0 fully saturated rings. The highest BCUT2D eigenvalue weighted by Crippen LogP contribution is 2.29. The summed E-state index contributed by atoms with van der Waals surface area (Å²) < 4.78 is 15.8. The van der Waals surface area contributed by atoms with Gasteiger partial charge < -0.3 is 19.3 Å². The third-order valence-electron chi connectivity index (χ3n) is 5.40. The second kappa shape index (κ2) is 19.7. The number of carbonyl (C=O) groups excluding carboxylic acids is 4. The topological polar surface area (TPSA) is 116 Å². The van der Waals surface area contributed by atoms with Crippen molar-refractivity contribution in [3.63, 3.8) is 0 Å². The summed E-state index contributed by atoms with van der Waals surface area (Å²) in [5, 5.41) is 9.31. The highest BCUT2D eigenvalue weighted by Gasteiger charge is 2.35. The molecule has 46 heavy (non-hydrogen) atoms. The Labute approximate surface area is 291 Å². The van der Waals surface area contributed by atoms with Crippen LogP contribution in [0, 0.1) is 27.7 Å². The van der Waals surface area contributed by atoms with Gasteiger partial charge in [0.1, 0.15) is 39.6 Å². The van der Waals surface area contributed by atoms with Crippen LogP contribution in [0.3, 0.4) is 0 Å². The molecule has 1 N–H and O–H groups in total. The van der Waals surface area contributed by atoms with Gasteiger partial charge in [-0.2, -0.15) is 12.6 Å². The molecule has 0 saturated carbocycles. The lowest BCUT2D eigenvalue weighted by Crippen LogP contribution is -2.43. The van der Waals surface area contributed by atoms with Crippen LogP contribution < -0.4 is 4.74 Å². The molecule has 10 heteroatoms. The zero-order chi connectivity index (χ0) is 36.1. The number of aryl methyl sites for hydroxylation is 4. The van der Waals surface area contributed by atoms with Crippen molar-refractivity contribution in [3.8, 4) is 11.5 Å². The minimum atomic E-state index is -1.11. The maximum absolute atomic E-state index is 12.2. The molecular weight excluding hydrogens is 672 g/mol. The fourth-order valence-electron chi connectivity index (χ4n) is 3.37. The number of thiol groups is 1. The number of benzene rings is 2. The van der Waals surface area contributed by atoms with Crippen LogP contribution in [0.2, 0.25) is 0 Å². The fourth-order valence-corrected chi connectivity index (χ4v) is 3.45. The molecule has 0 amide bonds. The van der Waals surface area contributed by atoms with E-state index in [1.807, 2.05) is 55.4 Å². The summed E-state index contributed by atoms with van der Waals surface area (Å²) in [5.74, 6) is 0.227. The average Bonchev–Trinajstić information content (AvgIpc) is 2.88. The molecule has 0 unspecified atom stereocenters. The third-order valence-corrected chi connectivity index (χ3v) is 5.72. The first-order valence-corrected chi connectivity index (χ1v) is 16.0. The molecule has 0 heterocycles. The molecule has 0 aliphatic heterocycles. The highest BCUT2D eigenvalue weighted by atomic mass is 79.9. The van der Waals surface area contributed by atoms with Gasteiger partial charge in [0, 0.05) is 11.1 Å². The van der Waals surface area contributed by atoms with Crippen LogP contribution in [0.4, 0.5) is 0 Å². The van der Waals surface area contributed by atoms with E-state index in [4.69, 9.17) is 14.2 Å². The molecule has 0 saturated heterocycles. The molecule has 0 spiro atoms. The smallest absolute Gasteiger partial charge is 0.350 e. The molecule has 0 atom stereocenters. The number of rotatable bonds is 6. The number of hydrogen-bond acceptors (Lipinski definition) is 9. The standard InChI is InChI=1S/C17H24O4.C9H10O2.C8H15BrO2.CH4S.CH4/c1-11-8-13(10-18)9-12(2)14(11)20-17(6,7)15(19)21-16(3,4)5;1-6-3-8(5-10)4-7(2)9(6)11;1-7(2,3)11-6(10)8(4,5)9;1-2;/h8-10H,1-7H3;3-5,11H,1-2H3;1-5H3;2H,1H3;1H4. The van der Waals surface area contributed by atoms with Gasteiger partial charge in [0.05, 0.1) is 0 Å². The highest BCUT2D eigenvalue weighted by molar-refractivity contribution is 9.10. The lowest BCUT2D eigenvalue weighted by molar-refractivity contribution is -0.171. The summed E-state index contributed by atoms with van der Waals surface area (Å²) in [5.41, 5.74) is 2.24. The summed E-state index contributed by atoms with van der Waals surface area (Å²) in [7, 11) is 0. The number of hydrogen-bond donors (Lipinski definition) is 2. The monoisotopic (exact) mass is 728 g/mol. The summed E-state index contributed by atoms with van der Waals surface area (Å²) >= 11 is 6.75. The minimum Gasteiger partial charge on any atom is -0.507 e. The normalized spacial score (nSPS) is 11.0. The number of halogens is 1. The number of esters is 2. The maximum Gasteiger partial charge on any atom is 0.350 e. The summed E-state index contributed by atoms with van der Waals surface area (Å²) in [6.45, 7) is 25.1. The first-order chi connectivity index (χ1) is 20.2. The first-order valence-electron chi connectivity index (χ1n) is 14.4. The molecule has 8 nitrogen and oxygen atoms in total. The number of aromatic hydroxyl groups is 1. The Kier molecular flexibility index (Phi) is 20.4. The molecule has 0 radical (unpaired) electrons. The van der Waals surface area contributed by atoms with Crippen molar-refractivity contribution in [1.82, 2.24) is 0 Å². The number of ether oxygens (including phenoxy) is 3. The van der Waals surface area contributed by atoms with Gasteiger partial charge >= 0.3 is 11.9 Å². The zero-order valence-corrected chi connectivity index (χ0v) is 32.1. The predicted octanol–water partition coefficient (Wildman–Crippen LogP) is 9.12. The van der Waals surface area contributed by atoms with Gasteiger partial charge in [-0.05, 0) is 150 Å². The van der Waals surface area contributed by atoms with E-state index in [0.717, 1.165) is 34.8 Å². The van der Waals surface area contributed by atoms with Crippen molar-refractivity contribution in [2.24, 2.45) is 0 Å². The fraction of sp³-hybridized carbons (Fsp3) is 0.556. The molecule has 262 valence electrons. The average molecular weight is 730 g/mol. The Balaban J connectivity index is -0.000000629. The number of phenols is 1. The van der Waals surface area contributed by atoms with Crippen molar-refractivity contribution in [1.29, 1.82) is 0 Å². The van der Waals surface area contributed by atoms with Gasteiger partial charge in [-0.25, -0.2) is 4.79 Å². The Morgan fingerprint density at radius 3 is 1.24 bits per heavy atom. The van der Waals surface area contributed by atoms with Crippen LogP contribution in [0.25, 0.3) is 0 Å². The van der Waals surface area contributed by atoms with Crippen molar-refractivity contribution in [2.75, 3.05) is 6.26 Å². The number of phenolic OH excluding ortho intramolecular Hbond substituents is 1. The molecule has 2 aromatic carbocycles. The molecule has 0 aliphatic rings. The summed E-state index contributed by atoms with van der Waals surface area (Å²) in [6, 6.07) is 6.80. The van der Waals surface area contributed by atoms with Crippen LogP contribution in [-0.2, 0) is 19.1 Å². The van der Waals surface area contributed by atoms with E-state index in [1.54, 1.807) is 72.1 Å². The minimum absolute atomic E-state index is 0. The van der Waals surface area contributed by atoms with Crippen molar-refractivity contribution >= 4 is 53.1 Å². The van der Waals surface area contributed by atoms with E-state index >= 15 is 0 Å². The van der Waals surface area contributed by atoms with Gasteiger partial charge in [0.15, 0.2) is 5.60 Å². The predicted molar refractivity (Wildman–Crippen MR) is 195 cm³/mol. The number of carbonyl (C=O) groups is 4. The maximum atomic E-state index is 12.2. The summed E-state index contributed by atoms with van der Waals surface area (Å²) in [6.07, 6.45) is 3.27. The SMILES string of the molecule is C.CC(C)(C)OC(=O)C(C)(C)Br.CS.Cc1cc(C=O)cc(C)c1O.Cc1cc(C=O)cc(C)c1OC(C)(C)C(=O)OC(C)(C)C. The molecule has 2 rings (SSSR count). The lowest BCUT2D eigenvalue weighted by atomic mass is 10.0. The Morgan fingerprint density at radius 2 is 0.978 bits per heavy atom. The molecular formula is C36H57BrO8S. The van der Waals surface area contributed by atoms with Crippen LogP contribution in [-0.4, -0.2) is 57.0 Å². The Morgan fingerprint density at radius 1 is 0.674 bits per heavy atom. The van der Waals surface area contributed by atoms with Crippen LogP contribution >= 0.6 is 28.6 Å². The second-order valence-corrected chi connectivity index (χ2v) is 15.3. The van der Waals surface area contributed by atoms with E-state index in [-0.39, 0.29) is 19.1 Å². The van der Waals surface area contributed by atoms with Gasteiger partial charge in [-0.15, -0.1) is 0 Å². The lowest BCUT2D eigenvalue weighted by Gasteiger charge is -2.30. The Bertz CT molecular complexity index is 1250. The van der Waals surface area contributed by atoms with Gasteiger partial charge in [0.2, 0.25) is 0 Å². The summed E-state index contributed by atoms with van der Waals surface area (Å²) in [4.78, 5) is 44.6. The molecule has 0 aromatic heterocycles. The first kappa shape index (κ1) is 47.6. The molecule has 2 aromatic rings. The van der Waals surface area contributed by atoms with E-state index in [1.165, 1.54) is 0 Å². The van der Waals surface area contributed by atoms with Crippen LogP contribution in [0.15, 0.2) is 24.3 Å². The zero-order valence-electron chi connectivity index (χ0n) is 29.6. The van der Waals surface area contributed by atoms with E-state index in [0.29, 0.717) is 16.9 Å². The van der Waals surface area contributed by atoms with Gasteiger partial charge in [-0.3, -0.25) is 14.4 Å². The molecule has 0 bridgehead atoms. The number of aldehydes is 2. The van der Waals surface area contributed by atoms with E-state index in [2.05, 4.69) is 28.6 Å². The second-order valence-electron chi connectivity index (χ2n) is 13.3. The van der Waals surface area contributed by atoms with Crippen molar-refractivity contribution in [2.45, 2.75) is 125 Å². The van der Waals surface area contributed by atoms with Crippen molar-refractivity contribution < 1.29 is 38.5 Å². The van der Waals surface area contributed by atoms with Crippen LogP contribution in [0.5, 0.6) is 11.5 Å². The number of alkyl halides is 1. The van der Waals surface area contributed by atoms with Gasteiger partial charge in [-0.1, -0.05) is 23.4 Å². The van der Waals surface area contributed by atoms with E-state index < -0.39 is 27.1 Å². The molecule has 0 aliphatic carbocycles. The quantitative estimate of drug-likeness (QED) is 0.131. The van der Waals surface area contributed by atoms with Crippen LogP contribution in [0.1, 0.15) is 120 Å². The van der Waals surface area contributed by atoms with Gasteiger partial charge in [0.25, 0.3) is 0 Å². The third kappa shape index (κ3) is 18.3. The Hall–Kier alpha value is -2.85. The van der Waals surface area contributed by atoms with Crippen molar-refractivity contribution in [3.05, 3.63) is 57.6 Å². The largest absolute Gasteiger partial charge is 0.507 e. The van der Waals surface area contributed by atoms with E-state index in [9.17, 15) is 24.3 Å².